The molecular weight excluding hydrogens is 234 g/mol. The van der Waals surface area contributed by atoms with Gasteiger partial charge in [-0.05, 0) is 19.4 Å². The zero-order chi connectivity index (χ0) is 13.9. The van der Waals surface area contributed by atoms with Gasteiger partial charge in [0.2, 0.25) is 0 Å². The van der Waals surface area contributed by atoms with E-state index in [0.29, 0.717) is 5.69 Å². The highest BCUT2D eigenvalue weighted by atomic mass is 16.4. The summed E-state index contributed by atoms with van der Waals surface area (Å²) in [4.78, 5) is 13.6. The van der Waals surface area contributed by atoms with Crippen molar-refractivity contribution in [2.45, 2.75) is 26.3 Å². The summed E-state index contributed by atoms with van der Waals surface area (Å²) in [6.07, 6.45) is 0.765. The first-order chi connectivity index (χ1) is 8.42. The Morgan fingerprint density at radius 1 is 1.72 bits per heavy atom. The summed E-state index contributed by atoms with van der Waals surface area (Å²) in [5, 5.41) is 15.7. The quantitative estimate of drug-likeness (QED) is 0.346. The Labute approximate surface area is 106 Å². The number of carbonyl (C=O) groups excluding carboxylic acids is 1. The summed E-state index contributed by atoms with van der Waals surface area (Å²) in [5.74, 6) is -0.229. The van der Waals surface area contributed by atoms with Crippen LogP contribution in [0.2, 0.25) is 0 Å². The lowest BCUT2D eigenvalue weighted by molar-refractivity contribution is 0.0765. The van der Waals surface area contributed by atoms with Crippen LogP contribution >= 0.6 is 0 Å². The highest BCUT2D eigenvalue weighted by Crippen LogP contribution is 2.09. The Balaban J connectivity index is 2.96. The van der Waals surface area contributed by atoms with Gasteiger partial charge >= 0.3 is 0 Å². The van der Waals surface area contributed by atoms with Crippen LogP contribution in [0.25, 0.3) is 0 Å². The van der Waals surface area contributed by atoms with Crippen molar-refractivity contribution >= 4 is 11.7 Å². The van der Waals surface area contributed by atoms with Gasteiger partial charge in [0, 0.05) is 14.1 Å². The molecule has 18 heavy (non-hydrogen) atoms. The number of nitrogens with two attached hydrogens (primary N) is 1. The molecule has 0 aliphatic heterocycles. The van der Waals surface area contributed by atoms with E-state index in [4.69, 9.17) is 10.9 Å². The lowest BCUT2D eigenvalue weighted by Gasteiger charge is -2.23. The number of hydrogen-bond donors (Lipinski definition) is 2. The van der Waals surface area contributed by atoms with Gasteiger partial charge in [-0.15, -0.1) is 0 Å². The molecule has 0 aliphatic rings. The van der Waals surface area contributed by atoms with Gasteiger partial charge in [-0.25, -0.2) is 0 Å². The molecule has 7 heteroatoms. The van der Waals surface area contributed by atoms with Crippen LogP contribution in [0.3, 0.4) is 0 Å². The summed E-state index contributed by atoms with van der Waals surface area (Å²) in [6, 6.07) is 1.26. The topological polar surface area (TPSA) is 96.7 Å². The maximum Gasteiger partial charge on any atom is 0.272 e. The Morgan fingerprint density at radius 2 is 2.33 bits per heavy atom. The standard InChI is InChI=1S/C11H19N5O2/c1-5-8-6-9(16(4)13-8)11(17)15(3)7(2)10(12)14-18/h6-7,18H,5H2,1-4H3,(H2,12,14). The van der Waals surface area contributed by atoms with Crippen LogP contribution in [-0.2, 0) is 13.5 Å². The van der Waals surface area contributed by atoms with Crippen LogP contribution in [0.1, 0.15) is 30.0 Å². The van der Waals surface area contributed by atoms with Crippen LogP contribution in [-0.4, -0.2) is 44.7 Å². The third-order valence-electron chi connectivity index (χ3n) is 2.96. The predicted molar refractivity (Wildman–Crippen MR) is 67.6 cm³/mol. The molecule has 0 saturated carbocycles. The average Bonchev–Trinajstić information content (AvgIpc) is 2.76. The second kappa shape index (κ2) is 5.52. The number of amidine groups is 1. The van der Waals surface area contributed by atoms with Crippen molar-refractivity contribution in [1.82, 2.24) is 14.7 Å². The minimum atomic E-state index is -0.484. The number of nitrogens with zero attached hydrogens (tertiary/aromatic N) is 4. The van der Waals surface area contributed by atoms with Crippen LogP contribution in [0.4, 0.5) is 0 Å². The van der Waals surface area contributed by atoms with Crippen molar-refractivity contribution in [3.8, 4) is 0 Å². The molecule has 100 valence electrons. The molecule has 1 atom stereocenters. The molecule has 0 aliphatic carbocycles. The number of carbonyl (C=O) groups is 1. The van der Waals surface area contributed by atoms with Gasteiger partial charge < -0.3 is 15.8 Å². The van der Waals surface area contributed by atoms with Crippen molar-refractivity contribution in [3.63, 3.8) is 0 Å². The van der Waals surface area contributed by atoms with Gasteiger partial charge in [0.05, 0.1) is 11.7 Å². The van der Waals surface area contributed by atoms with E-state index >= 15 is 0 Å². The first-order valence-corrected chi connectivity index (χ1v) is 5.69. The molecule has 1 amide bonds. The van der Waals surface area contributed by atoms with Crippen molar-refractivity contribution in [2.75, 3.05) is 7.05 Å². The lowest BCUT2D eigenvalue weighted by Crippen LogP contribution is -2.44. The van der Waals surface area contributed by atoms with E-state index in [9.17, 15) is 4.79 Å². The minimum Gasteiger partial charge on any atom is -0.409 e. The molecule has 0 saturated heterocycles. The van der Waals surface area contributed by atoms with E-state index in [1.807, 2.05) is 6.92 Å². The molecule has 0 spiro atoms. The molecule has 0 radical (unpaired) electrons. The minimum absolute atomic E-state index is 0.0104. The summed E-state index contributed by atoms with van der Waals surface area (Å²) in [6.45, 7) is 3.66. The first-order valence-electron chi connectivity index (χ1n) is 5.69. The van der Waals surface area contributed by atoms with E-state index in [1.165, 1.54) is 9.58 Å². The molecule has 0 fully saturated rings. The summed E-state index contributed by atoms with van der Waals surface area (Å²) in [7, 11) is 3.32. The molecular formula is C11H19N5O2. The average molecular weight is 253 g/mol. The van der Waals surface area contributed by atoms with Crippen LogP contribution in [0, 0.1) is 0 Å². The zero-order valence-corrected chi connectivity index (χ0v) is 11.1. The largest absolute Gasteiger partial charge is 0.409 e. The van der Waals surface area contributed by atoms with Gasteiger partial charge in [0.1, 0.15) is 5.69 Å². The number of oxime groups is 1. The first kappa shape index (κ1) is 14.0. The zero-order valence-electron chi connectivity index (χ0n) is 11.1. The number of amides is 1. The Hall–Kier alpha value is -2.05. The van der Waals surface area contributed by atoms with Crippen molar-refractivity contribution in [3.05, 3.63) is 17.5 Å². The van der Waals surface area contributed by atoms with Crippen LogP contribution in [0.15, 0.2) is 11.2 Å². The molecule has 1 aromatic heterocycles. The molecule has 7 nitrogen and oxygen atoms in total. The van der Waals surface area contributed by atoms with Crippen LogP contribution < -0.4 is 5.73 Å². The maximum absolute atomic E-state index is 12.2. The van der Waals surface area contributed by atoms with E-state index in [0.717, 1.165) is 12.1 Å². The fourth-order valence-electron chi connectivity index (χ4n) is 1.54. The van der Waals surface area contributed by atoms with E-state index < -0.39 is 6.04 Å². The predicted octanol–water partition coefficient (Wildman–Crippen LogP) is 0.189. The highest BCUT2D eigenvalue weighted by molar-refractivity contribution is 5.96. The highest BCUT2D eigenvalue weighted by Gasteiger charge is 2.23. The fraction of sp³-hybridized carbons (Fsp3) is 0.545. The summed E-state index contributed by atoms with van der Waals surface area (Å²) in [5.41, 5.74) is 6.82. The summed E-state index contributed by atoms with van der Waals surface area (Å²) < 4.78 is 1.54. The molecule has 0 bridgehead atoms. The second-order valence-electron chi connectivity index (χ2n) is 4.11. The number of likely N-dealkylation sites (N-methyl/N-ethyl adjacent to an activating group) is 1. The Kier molecular flexibility index (Phi) is 4.30. The van der Waals surface area contributed by atoms with Gasteiger partial charge in [0.25, 0.3) is 5.91 Å². The maximum atomic E-state index is 12.2. The second-order valence-corrected chi connectivity index (χ2v) is 4.11. The van der Waals surface area contributed by atoms with E-state index in [-0.39, 0.29) is 11.7 Å². The lowest BCUT2D eigenvalue weighted by atomic mass is 10.2. The molecule has 1 heterocycles. The molecule has 1 unspecified atom stereocenters. The molecule has 3 N–H and O–H groups in total. The molecule has 1 rings (SSSR count). The SMILES string of the molecule is CCc1cc(C(=O)N(C)C(C)C(N)=NO)n(C)n1. The van der Waals surface area contributed by atoms with Gasteiger partial charge in [-0.2, -0.15) is 5.10 Å². The van der Waals surface area contributed by atoms with Crippen molar-refractivity contribution in [1.29, 1.82) is 0 Å². The third-order valence-corrected chi connectivity index (χ3v) is 2.96. The smallest absolute Gasteiger partial charge is 0.272 e. The van der Waals surface area contributed by atoms with E-state index in [1.54, 1.807) is 27.1 Å². The van der Waals surface area contributed by atoms with Gasteiger partial charge in [-0.1, -0.05) is 12.1 Å². The number of hydrogen-bond acceptors (Lipinski definition) is 4. The molecule has 1 aromatic rings. The number of aryl methyl sites for hydroxylation is 2. The van der Waals surface area contributed by atoms with Gasteiger partial charge in [0.15, 0.2) is 5.84 Å². The monoisotopic (exact) mass is 253 g/mol. The third kappa shape index (κ3) is 2.61. The summed E-state index contributed by atoms with van der Waals surface area (Å²) >= 11 is 0. The fourth-order valence-corrected chi connectivity index (χ4v) is 1.54. The normalized spacial score (nSPS) is 13.4. The van der Waals surface area contributed by atoms with Crippen molar-refractivity contribution < 1.29 is 10.0 Å². The number of aromatic nitrogens is 2. The Bertz CT molecular complexity index is 466. The molecule has 0 aromatic carbocycles. The van der Waals surface area contributed by atoms with E-state index in [2.05, 4.69) is 10.3 Å². The van der Waals surface area contributed by atoms with Gasteiger partial charge in [-0.3, -0.25) is 9.48 Å². The van der Waals surface area contributed by atoms with Crippen molar-refractivity contribution in [2.24, 2.45) is 17.9 Å². The Morgan fingerprint density at radius 3 is 2.78 bits per heavy atom. The number of rotatable bonds is 4. The van der Waals surface area contributed by atoms with Crippen LogP contribution in [0.5, 0.6) is 0 Å².